The Hall–Kier alpha value is -2.10. The molecule has 0 aromatic heterocycles. The molecule has 7 fully saturated rings. The van der Waals surface area contributed by atoms with Crippen LogP contribution in [0.3, 0.4) is 0 Å². The number of fused-ring (bicyclic) bond motifs is 6. The van der Waals surface area contributed by atoms with Crippen LogP contribution in [0.15, 0.2) is 24.3 Å². The third kappa shape index (κ3) is 14.0. The van der Waals surface area contributed by atoms with Gasteiger partial charge in [-0.2, -0.15) is 0 Å². The maximum absolute atomic E-state index is 13.9. The number of hydrogen-bond donors (Lipinski definition) is 5. The lowest BCUT2D eigenvalue weighted by Gasteiger charge is -2.53. The van der Waals surface area contributed by atoms with Gasteiger partial charge in [-0.3, -0.25) is 4.79 Å². The maximum atomic E-state index is 13.9. The summed E-state index contributed by atoms with van der Waals surface area (Å²) < 4.78 is 63.9. The summed E-state index contributed by atoms with van der Waals surface area (Å²) in [6.07, 6.45) is 8.58. The fourth-order valence-corrected chi connectivity index (χ4v) is 12.3. The fourth-order valence-electron chi connectivity index (χ4n) is 12.3. The monoisotopic (exact) mass is 995 g/mol. The number of allylic oxidation sites excluding steroid dienone is 2. The van der Waals surface area contributed by atoms with Gasteiger partial charge in [0.15, 0.2) is 23.5 Å². The Morgan fingerprint density at radius 3 is 2.23 bits per heavy atom. The van der Waals surface area contributed by atoms with E-state index in [1.807, 2.05) is 25.2 Å². The van der Waals surface area contributed by atoms with Crippen molar-refractivity contribution in [3.8, 4) is 0 Å². The van der Waals surface area contributed by atoms with Gasteiger partial charge < -0.3 is 72.9 Å². The number of hydrogen-bond acceptors (Lipinski definition) is 17. The van der Waals surface area contributed by atoms with Crippen molar-refractivity contribution in [2.75, 3.05) is 21.3 Å². The van der Waals surface area contributed by atoms with Crippen molar-refractivity contribution < 1.29 is 82.5 Å². The molecule has 20 atom stereocenters. The molecule has 0 aromatic carbocycles. The van der Waals surface area contributed by atoms with Crippen LogP contribution in [0.4, 0.5) is 0 Å². The second-order valence-corrected chi connectivity index (χ2v) is 21.9. The van der Waals surface area contributed by atoms with Gasteiger partial charge in [0.2, 0.25) is 0 Å². The van der Waals surface area contributed by atoms with Gasteiger partial charge in [0.1, 0.15) is 24.4 Å². The van der Waals surface area contributed by atoms with E-state index >= 15 is 0 Å². The van der Waals surface area contributed by atoms with E-state index in [0.717, 1.165) is 25.7 Å². The molecule has 0 radical (unpaired) electrons. The van der Waals surface area contributed by atoms with Gasteiger partial charge in [-0.15, -0.1) is 0 Å². The van der Waals surface area contributed by atoms with Gasteiger partial charge in [-0.05, 0) is 95.3 Å². The summed E-state index contributed by atoms with van der Waals surface area (Å²) in [5.41, 5.74) is 0. The highest BCUT2D eigenvalue weighted by molar-refractivity contribution is 5.74. The minimum Gasteiger partial charge on any atom is -0.467 e. The highest BCUT2D eigenvalue weighted by Crippen LogP contribution is 2.53. The van der Waals surface area contributed by atoms with E-state index < -0.39 is 90.3 Å². The topological polar surface area (TPSA) is 228 Å². The van der Waals surface area contributed by atoms with Gasteiger partial charge in [-0.25, -0.2) is 4.79 Å². The van der Waals surface area contributed by atoms with Crippen LogP contribution in [-0.2, 0) is 57.0 Å². The molecule has 400 valence electrons. The molecule has 0 amide bonds. The van der Waals surface area contributed by atoms with Crippen molar-refractivity contribution in [3.05, 3.63) is 24.3 Å². The first-order valence-corrected chi connectivity index (χ1v) is 26.6. The van der Waals surface area contributed by atoms with Crippen molar-refractivity contribution in [2.45, 2.75) is 258 Å². The molecule has 0 aromatic rings. The highest BCUT2D eigenvalue weighted by Gasteiger charge is 2.60. The van der Waals surface area contributed by atoms with Crippen LogP contribution in [0.5, 0.6) is 0 Å². The van der Waals surface area contributed by atoms with E-state index in [1.165, 1.54) is 7.11 Å². The average molecular weight is 995 g/mol. The zero-order valence-corrected chi connectivity index (χ0v) is 42.6. The summed E-state index contributed by atoms with van der Waals surface area (Å²) in [4.78, 5) is 25.5. The lowest BCUT2D eigenvalue weighted by molar-refractivity contribution is -0.414. The summed E-state index contributed by atoms with van der Waals surface area (Å²) in [6, 6.07) is 0. The van der Waals surface area contributed by atoms with Crippen molar-refractivity contribution in [3.63, 3.8) is 0 Å². The average Bonchev–Trinajstić information content (AvgIpc) is 3.67. The van der Waals surface area contributed by atoms with Gasteiger partial charge in [0, 0.05) is 65.1 Å². The molecule has 5 N–H and O–H groups in total. The van der Waals surface area contributed by atoms with E-state index in [4.69, 9.17) is 42.6 Å². The Bertz CT molecular complexity index is 1730. The van der Waals surface area contributed by atoms with E-state index in [-0.39, 0.29) is 61.4 Å². The minimum absolute atomic E-state index is 0.0427. The number of esters is 2. The van der Waals surface area contributed by atoms with Crippen LogP contribution in [0.2, 0.25) is 0 Å². The van der Waals surface area contributed by atoms with Crippen LogP contribution < -0.4 is 0 Å². The van der Waals surface area contributed by atoms with Gasteiger partial charge in [0.25, 0.3) is 0 Å². The molecule has 20 unspecified atom stereocenters. The molecule has 0 saturated carbocycles. The summed E-state index contributed by atoms with van der Waals surface area (Å²) in [6.45, 7) is 6.11. The molecular formula is C53H86O17. The third-order valence-corrected chi connectivity index (χ3v) is 16.6. The van der Waals surface area contributed by atoms with E-state index in [1.54, 1.807) is 20.3 Å². The maximum Gasteiger partial charge on any atom is 0.335 e. The number of methoxy groups -OCH3 is 3. The summed E-state index contributed by atoms with van der Waals surface area (Å²) >= 11 is 0. The molecule has 17 nitrogen and oxygen atoms in total. The Morgan fingerprint density at radius 1 is 0.714 bits per heavy atom. The molecule has 7 heterocycles. The zero-order valence-electron chi connectivity index (χ0n) is 42.6. The second-order valence-electron chi connectivity index (χ2n) is 21.9. The lowest BCUT2D eigenvalue weighted by atomic mass is 9.81. The van der Waals surface area contributed by atoms with Crippen LogP contribution >= 0.6 is 0 Å². The van der Waals surface area contributed by atoms with Crippen molar-refractivity contribution >= 4 is 11.9 Å². The van der Waals surface area contributed by atoms with Gasteiger partial charge in [-0.1, -0.05) is 45.1 Å². The molecule has 7 saturated heterocycles. The quantitative estimate of drug-likeness (QED) is 0.140. The Balaban J connectivity index is 1.11. The lowest BCUT2D eigenvalue weighted by Crippen LogP contribution is -2.59. The molecule has 7 aliphatic rings. The molecule has 9 bridgehead atoms. The molecule has 70 heavy (non-hydrogen) atoms. The highest BCUT2D eigenvalue weighted by atomic mass is 16.8. The first-order valence-electron chi connectivity index (χ1n) is 26.6. The predicted octanol–water partition coefficient (Wildman–Crippen LogP) is 5.61. The van der Waals surface area contributed by atoms with Crippen molar-refractivity contribution in [1.29, 1.82) is 0 Å². The molecule has 7 aliphatic heterocycles. The van der Waals surface area contributed by atoms with Crippen molar-refractivity contribution in [1.82, 2.24) is 0 Å². The Labute approximate surface area is 415 Å². The van der Waals surface area contributed by atoms with Crippen LogP contribution in [0, 0.1) is 17.8 Å². The number of aliphatic hydroxyl groups excluding tert-OH is 5. The van der Waals surface area contributed by atoms with Gasteiger partial charge >= 0.3 is 11.9 Å². The van der Waals surface area contributed by atoms with E-state index in [0.29, 0.717) is 89.9 Å². The first kappa shape index (κ1) is 55.6. The molecular weight excluding hydrogens is 909 g/mol. The van der Waals surface area contributed by atoms with Crippen LogP contribution in [-0.4, -0.2) is 162 Å². The first-order chi connectivity index (χ1) is 33.5. The van der Waals surface area contributed by atoms with E-state index in [9.17, 15) is 35.1 Å². The second kappa shape index (κ2) is 25.0. The summed E-state index contributed by atoms with van der Waals surface area (Å²) in [5, 5.41) is 56.3. The number of carbonyl (C=O) groups is 2. The minimum atomic E-state index is -1.27. The summed E-state index contributed by atoms with van der Waals surface area (Å²) in [7, 11) is 4.52. The Morgan fingerprint density at radius 2 is 1.46 bits per heavy atom. The molecule has 3 spiro atoms. The normalized spacial score (nSPS) is 45.3. The van der Waals surface area contributed by atoms with Crippen LogP contribution in [0.25, 0.3) is 0 Å². The predicted molar refractivity (Wildman–Crippen MR) is 254 cm³/mol. The SMILES string of the molecule is COC(=O)C(O)CC=CCC=CCC1OC23CC1OC(=O)CC1CCCC(CC(O)CC(O)CC4OC5(CCC4C)CCC(OC)C(O5)C(O)C(O)C(C)CCC4CC(OC)CC(CCC2C)(O4)O3)O1. The zero-order chi connectivity index (χ0) is 50.2. The third-order valence-electron chi connectivity index (χ3n) is 16.6. The number of carbonyl (C=O) groups excluding carboxylic acids is 2. The largest absolute Gasteiger partial charge is 0.467 e. The summed E-state index contributed by atoms with van der Waals surface area (Å²) in [5.74, 6) is -4.59. The molecule has 17 heteroatoms. The number of aliphatic hydroxyl groups is 5. The number of ether oxygens (including phenoxy) is 10. The number of rotatable bonds is 9. The Kier molecular flexibility index (Phi) is 19.8. The van der Waals surface area contributed by atoms with Crippen LogP contribution in [0.1, 0.15) is 156 Å². The van der Waals surface area contributed by atoms with E-state index in [2.05, 4.69) is 18.6 Å². The smallest absolute Gasteiger partial charge is 0.335 e. The van der Waals surface area contributed by atoms with Gasteiger partial charge in [0.05, 0.1) is 68.5 Å². The molecule has 7 rings (SSSR count). The molecule has 0 aliphatic carbocycles. The fraction of sp³-hybridized carbons (Fsp3) is 0.887. The van der Waals surface area contributed by atoms with Crippen molar-refractivity contribution in [2.24, 2.45) is 17.8 Å². The standard InChI is InChI=1S/C53H86O17/c1-32-19-22-51-24-21-43(62-5)49(69-51)48(59)47(58)33(2)17-18-39-28-40(61-4)30-52(66-39)23-20-34(3)53(70-52)31-45(42(68-53)16-11-9-7-8-10-15-41(56)50(60)63-6)65-46(57)29-38-14-12-13-37(64-38)26-35(54)25-36(55)27-44(32)67-51/h8-11,32-45,47-49,54-56,58-59H,7,12-31H2,1-6H3.